The molecule has 5 nitrogen and oxygen atoms in total. The Kier molecular flexibility index (Phi) is 3.91. The molecule has 5 heteroatoms. The van der Waals surface area contributed by atoms with E-state index in [9.17, 15) is 4.79 Å². The van der Waals surface area contributed by atoms with Crippen molar-refractivity contribution in [3.8, 4) is 11.1 Å². The highest BCUT2D eigenvalue weighted by molar-refractivity contribution is 5.84. The first kappa shape index (κ1) is 16.3. The lowest BCUT2D eigenvalue weighted by Gasteiger charge is -2.10. The van der Waals surface area contributed by atoms with Gasteiger partial charge in [0, 0.05) is 17.8 Å². The topological polar surface area (TPSA) is 60.7 Å². The summed E-state index contributed by atoms with van der Waals surface area (Å²) in [7, 11) is 0. The smallest absolute Gasteiger partial charge is 0.270 e. The first-order valence-electron chi connectivity index (χ1n) is 9.03. The summed E-state index contributed by atoms with van der Waals surface area (Å²) in [6.07, 6.45) is 4.83. The molecule has 0 spiro atoms. The van der Waals surface area contributed by atoms with Crippen LogP contribution in [-0.4, -0.2) is 19.5 Å². The molecule has 0 aliphatic carbocycles. The fourth-order valence-electron chi connectivity index (χ4n) is 3.44. The second kappa shape index (κ2) is 6.70. The van der Waals surface area contributed by atoms with Crippen molar-refractivity contribution in [3.05, 3.63) is 101 Å². The Hall–Kier alpha value is -3.86. The molecular weight excluding hydrogens is 348 g/mol. The van der Waals surface area contributed by atoms with E-state index in [0.717, 1.165) is 27.6 Å². The number of benzene rings is 2. The molecule has 0 N–H and O–H groups in total. The van der Waals surface area contributed by atoms with E-state index in [1.165, 1.54) is 6.20 Å². The molecule has 28 heavy (non-hydrogen) atoms. The van der Waals surface area contributed by atoms with Gasteiger partial charge in [-0.15, -0.1) is 0 Å². The van der Waals surface area contributed by atoms with E-state index in [-0.39, 0.29) is 5.56 Å². The van der Waals surface area contributed by atoms with Gasteiger partial charge in [-0.3, -0.25) is 14.3 Å². The lowest BCUT2D eigenvalue weighted by atomic mass is 10.0. The van der Waals surface area contributed by atoms with Gasteiger partial charge in [0.05, 0.1) is 18.3 Å². The maximum atomic E-state index is 12.4. The molecule has 5 rings (SSSR count). The van der Waals surface area contributed by atoms with Crippen LogP contribution in [0.2, 0.25) is 0 Å². The number of rotatable bonds is 3. The second-order valence-corrected chi connectivity index (χ2v) is 6.64. The summed E-state index contributed by atoms with van der Waals surface area (Å²) in [5.41, 5.74) is 5.37. The Bertz CT molecular complexity index is 1370. The molecular formula is C23H16N4O. The van der Waals surface area contributed by atoms with Gasteiger partial charge in [0.2, 0.25) is 0 Å². The molecule has 0 amide bonds. The van der Waals surface area contributed by atoms with Crippen molar-refractivity contribution in [2.24, 2.45) is 0 Å². The fraction of sp³-hybridized carbons (Fsp3) is 0.0435. The van der Waals surface area contributed by atoms with Gasteiger partial charge in [-0.25, -0.2) is 9.97 Å². The highest BCUT2D eigenvalue weighted by Gasteiger charge is 2.07. The van der Waals surface area contributed by atoms with Crippen LogP contribution in [0.15, 0.2) is 90.1 Å². The molecule has 0 unspecified atom stereocenters. The van der Waals surface area contributed by atoms with Crippen molar-refractivity contribution >= 4 is 22.1 Å². The highest BCUT2D eigenvalue weighted by Crippen LogP contribution is 2.24. The molecule has 0 atom stereocenters. The largest absolute Gasteiger partial charge is 0.286 e. The van der Waals surface area contributed by atoms with Gasteiger partial charge in [-0.1, -0.05) is 30.3 Å². The standard InChI is InChI=1S/C23H16N4O/c28-22-14-26-21-7-3-11-25-23(21)27(22)15-16-4-1-5-17(12-16)18-8-9-20-19(13-18)6-2-10-24-20/h1-14H,15H2. The molecule has 5 aromatic rings. The third-order valence-electron chi connectivity index (χ3n) is 4.81. The minimum Gasteiger partial charge on any atom is -0.286 e. The Labute approximate surface area is 161 Å². The zero-order valence-corrected chi connectivity index (χ0v) is 15.0. The Balaban J connectivity index is 1.56. The van der Waals surface area contributed by atoms with E-state index >= 15 is 0 Å². The summed E-state index contributed by atoms with van der Waals surface area (Å²) in [5, 5.41) is 1.10. The zero-order chi connectivity index (χ0) is 18.9. The second-order valence-electron chi connectivity index (χ2n) is 6.64. The molecule has 3 heterocycles. The lowest BCUT2D eigenvalue weighted by molar-refractivity contribution is 0.775. The predicted octanol–water partition coefficient (Wildman–Crippen LogP) is 4.06. The van der Waals surface area contributed by atoms with Crippen LogP contribution < -0.4 is 5.56 Å². The number of pyridine rings is 2. The first-order chi connectivity index (χ1) is 13.8. The minimum atomic E-state index is -0.159. The van der Waals surface area contributed by atoms with Gasteiger partial charge in [0.25, 0.3) is 5.56 Å². The van der Waals surface area contributed by atoms with Crippen LogP contribution in [0.1, 0.15) is 5.56 Å². The Morgan fingerprint density at radius 1 is 0.750 bits per heavy atom. The van der Waals surface area contributed by atoms with Crippen LogP contribution in [0.4, 0.5) is 0 Å². The van der Waals surface area contributed by atoms with E-state index in [4.69, 9.17) is 0 Å². The zero-order valence-electron chi connectivity index (χ0n) is 15.0. The first-order valence-corrected chi connectivity index (χ1v) is 9.03. The maximum Gasteiger partial charge on any atom is 0.270 e. The number of hydrogen-bond donors (Lipinski definition) is 0. The van der Waals surface area contributed by atoms with Gasteiger partial charge in [-0.2, -0.15) is 0 Å². The van der Waals surface area contributed by atoms with Crippen LogP contribution in [0.3, 0.4) is 0 Å². The summed E-state index contributed by atoms with van der Waals surface area (Å²) >= 11 is 0. The lowest BCUT2D eigenvalue weighted by Crippen LogP contribution is -2.21. The van der Waals surface area contributed by atoms with Crippen molar-refractivity contribution in [1.29, 1.82) is 0 Å². The van der Waals surface area contributed by atoms with Crippen molar-refractivity contribution in [3.63, 3.8) is 0 Å². The molecule has 0 bridgehead atoms. The molecule has 0 aliphatic rings. The van der Waals surface area contributed by atoms with Gasteiger partial charge in [0.15, 0.2) is 5.65 Å². The van der Waals surface area contributed by atoms with E-state index in [2.05, 4.69) is 45.3 Å². The van der Waals surface area contributed by atoms with Gasteiger partial charge < -0.3 is 0 Å². The van der Waals surface area contributed by atoms with Crippen molar-refractivity contribution in [2.75, 3.05) is 0 Å². The summed E-state index contributed by atoms with van der Waals surface area (Å²) in [6, 6.07) is 22.1. The van der Waals surface area contributed by atoms with Crippen LogP contribution in [0.25, 0.3) is 33.2 Å². The van der Waals surface area contributed by atoms with E-state index < -0.39 is 0 Å². The Morgan fingerprint density at radius 2 is 1.61 bits per heavy atom. The van der Waals surface area contributed by atoms with E-state index in [1.807, 2.05) is 36.4 Å². The SMILES string of the molecule is O=c1cnc2cccnc2n1Cc1cccc(-c2ccc3ncccc3c2)c1. The third kappa shape index (κ3) is 2.93. The van der Waals surface area contributed by atoms with E-state index in [1.54, 1.807) is 17.0 Å². The molecule has 0 saturated carbocycles. The minimum absolute atomic E-state index is 0.159. The molecule has 0 saturated heterocycles. The van der Waals surface area contributed by atoms with Crippen LogP contribution in [0, 0.1) is 0 Å². The molecule has 0 aliphatic heterocycles. The average molecular weight is 364 g/mol. The van der Waals surface area contributed by atoms with Crippen LogP contribution in [0.5, 0.6) is 0 Å². The van der Waals surface area contributed by atoms with E-state index in [0.29, 0.717) is 17.7 Å². The predicted molar refractivity (Wildman–Crippen MR) is 110 cm³/mol. The molecule has 0 fully saturated rings. The number of aromatic nitrogens is 4. The number of fused-ring (bicyclic) bond motifs is 2. The van der Waals surface area contributed by atoms with Gasteiger partial charge in [0.1, 0.15) is 5.52 Å². The summed E-state index contributed by atoms with van der Waals surface area (Å²) in [4.78, 5) is 25.3. The van der Waals surface area contributed by atoms with Gasteiger partial charge >= 0.3 is 0 Å². The quantitative estimate of drug-likeness (QED) is 0.484. The van der Waals surface area contributed by atoms with Gasteiger partial charge in [-0.05, 0) is 53.1 Å². The summed E-state index contributed by atoms with van der Waals surface area (Å²) < 4.78 is 1.66. The monoisotopic (exact) mass is 364 g/mol. The third-order valence-corrected chi connectivity index (χ3v) is 4.81. The molecule has 0 radical (unpaired) electrons. The van der Waals surface area contributed by atoms with Crippen LogP contribution in [-0.2, 0) is 6.54 Å². The van der Waals surface area contributed by atoms with Crippen molar-refractivity contribution in [1.82, 2.24) is 19.5 Å². The van der Waals surface area contributed by atoms with Crippen molar-refractivity contribution in [2.45, 2.75) is 6.54 Å². The summed E-state index contributed by atoms with van der Waals surface area (Å²) in [5.74, 6) is 0. The number of hydrogen-bond acceptors (Lipinski definition) is 4. The highest BCUT2D eigenvalue weighted by atomic mass is 16.1. The molecule has 134 valence electrons. The Morgan fingerprint density at radius 3 is 2.57 bits per heavy atom. The molecule has 3 aromatic heterocycles. The van der Waals surface area contributed by atoms with Crippen LogP contribution >= 0.6 is 0 Å². The fourth-order valence-corrected chi connectivity index (χ4v) is 3.44. The molecule has 2 aromatic carbocycles. The summed E-state index contributed by atoms with van der Waals surface area (Å²) in [6.45, 7) is 0.442. The number of nitrogens with zero attached hydrogens (tertiary/aromatic N) is 4. The average Bonchev–Trinajstić information content (AvgIpc) is 2.76. The maximum absolute atomic E-state index is 12.4. The normalized spacial score (nSPS) is 11.1. The van der Waals surface area contributed by atoms with Crippen molar-refractivity contribution < 1.29 is 0 Å².